The molecule has 0 aliphatic heterocycles. The number of carbonyl (C=O) groups excluding carboxylic acids is 2. The Morgan fingerprint density at radius 1 is 1.18 bits per heavy atom. The lowest BCUT2D eigenvalue weighted by Gasteiger charge is -2.32. The van der Waals surface area contributed by atoms with E-state index in [-0.39, 0.29) is 11.8 Å². The van der Waals surface area contributed by atoms with Gasteiger partial charge in [0.15, 0.2) is 0 Å². The zero-order chi connectivity index (χ0) is 17.4. The number of nitrogens with one attached hydrogen (secondary N) is 1. The van der Waals surface area contributed by atoms with E-state index in [9.17, 15) is 14.7 Å². The van der Waals surface area contributed by atoms with Gasteiger partial charge in [-0.2, -0.15) is 0 Å². The number of carbonyl (C=O) groups is 2. The van der Waals surface area contributed by atoms with E-state index in [0.29, 0.717) is 6.42 Å². The largest absolute Gasteiger partial charge is 0.391 e. The van der Waals surface area contributed by atoms with Crippen LogP contribution in [0.15, 0.2) is 12.2 Å². The number of nitrogens with zero attached hydrogens (tertiary/aromatic N) is 1. The van der Waals surface area contributed by atoms with E-state index in [1.54, 1.807) is 26.0 Å². The van der Waals surface area contributed by atoms with Crippen LogP contribution in [0.2, 0.25) is 0 Å². The van der Waals surface area contributed by atoms with Crippen LogP contribution in [0.5, 0.6) is 0 Å². The highest BCUT2D eigenvalue weighted by molar-refractivity contribution is 6.41. The molecule has 2 N–H and O–H groups in total. The summed E-state index contributed by atoms with van der Waals surface area (Å²) in [5.74, 6) is -1.08. The zero-order valence-corrected chi connectivity index (χ0v) is 15.0. The topological polar surface area (TPSA) is 69.6 Å². The van der Waals surface area contributed by atoms with Crippen molar-refractivity contribution in [3.8, 4) is 0 Å². The summed E-state index contributed by atoms with van der Waals surface area (Å²) >= 11 is 0. The summed E-state index contributed by atoms with van der Waals surface area (Å²) in [5.41, 5.74) is 0. The van der Waals surface area contributed by atoms with Crippen molar-refractivity contribution in [2.75, 3.05) is 21.1 Å². The van der Waals surface area contributed by atoms with Gasteiger partial charge in [-0.1, -0.05) is 32.9 Å². The third-order valence-corrected chi connectivity index (χ3v) is 3.98. The molecule has 0 radical (unpaired) electrons. The molecule has 0 aliphatic rings. The van der Waals surface area contributed by atoms with Crippen LogP contribution in [0, 0.1) is 11.8 Å². The molecule has 0 aromatic heterocycles. The Morgan fingerprint density at radius 2 is 1.73 bits per heavy atom. The predicted molar refractivity (Wildman–Crippen MR) is 89.8 cm³/mol. The quantitative estimate of drug-likeness (QED) is 0.469. The standard InChI is InChI=1S/C17H32N2O3/c1-8-9-10-12(4)15(20)14(19(6)7)17(22)16(21)13(18-5)11(2)3/h8-9,11-15,18,20H,10H2,1-7H3/b9-8+/t12-,13+,14+,15-/m1/s1. The fourth-order valence-corrected chi connectivity index (χ4v) is 2.56. The molecule has 0 rings (SSSR count). The molecule has 0 aromatic carbocycles. The first kappa shape index (κ1) is 21.0. The lowest BCUT2D eigenvalue weighted by Crippen LogP contribution is -2.54. The summed E-state index contributed by atoms with van der Waals surface area (Å²) in [6, 6.07) is -1.34. The molecule has 0 fully saturated rings. The fourth-order valence-electron chi connectivity index (χ4n) is 2.56. The van der Waals surface area contributed by atoms with Crippen molar-refractivity contribution >= 4 is 11.6 Å². The second-order valence-corrected chi connectivity index (χ2v) is 6.42. The van der Waals surface area contributed by atoms with Gasteiger partial charge >= 0.3 is 0 Å². The van der Waals surface area contributed by atoms with Crippen LogP contribution in [-0.2, 0) is 9.59 Å². The van der Waals surface area contributed by atoms with Gasteiger partial charge in [0.25, 0.3) is 0 Å². The molecule has 0 aliphatic carbocycles. The normalized spacial score (nSPS) is 17.7. The molecule has 0 heterocycles. The average molecular weight is 312 g/mol. The van der Waals surface area contributed by atoms with Gasteiger partial charge in [-0.3, -0.25) is 14.5 Å². The number of rotatable bonds is 10. The molecule has 4 atom stereocenters. The molecule has 22 heavy (non-hydrogen) atoms. The van der Waals surface area contributed by atoms with Gasteiger partial charge in [0.1, 0.15) is 6.04 Å². The molecule has 0 unspecified atom stereocenters. The van der Waals surface area contributed by atoms with Crippen molar-refractivity contribution in [1.82, 2.24) is 10.2 Å². The van der Waals surface area contributed by atoms with Crippen LogP contribution in [0.25, 0.3) is 0 Å². The monoisotopic (exact) mass is 312 g/mol. The molecule has 0 spiro atoms. The zero-order valence-electron chi connectivity index (χ0n) is 15.0. The van der Waals surface area contributed by atoms with Crippen LogP contribution < -0.4 is 5.32 Å². The third kappa shape index (κ3) is 5.63. The maximum absolute atomic E-state index is 12.6. The highest BCUT2D eigenvalue weighted by Gasteiger charge is 2.38. The third-order valence-electron chi connectivity index (χ3n) is 3.98. The van der Waals surface area contributed by atoms with Crippen molar-refractivity contribution in [1.29, 1.82) is 0 Å². The summed E-state index contributed by atoms with van der Waals surface area (Å²) in [5, 5.41) is 13.4. The highest BCUT2D eigenvalue weighted by Crippen LogP contribution is 2.18. The molecule has 0 saturated heterocycles. The van der Waals surface area contributed by atoms with Crippen LogP contribution in [0.4, 0.5) is 0 Å². The number of aliphatic hydroxyl groups excluding tert-OH is 1. The summed E-state index contributed by atoms with van der Waals surface area (Å²) < 4.78 is 0. The predicted octanol–water partition coefficient (Wildman–Crippen LogP) is 1.26. The number of hydrogen-bond acceptors (Lipinski definition) is 5. The minimum Gasteiger partial charge on any atom is -0.391 e. The first-order valence-corrected chi connectivity index (χ1v) is 7.89. The van der Waals surface area contributed by atoms with Crippen molar-refractivity contribution in [3.63, 3.8) is 0 Å². The minimum absolute atomic E-state index is 0.0156. The highest BCUT2D eigenvalue weighted by atomic mass is 16.3. The minimum atomic E-state index is -0.882. The maximum atomic E-state index is 12.6. The van der Waals surface area contributed by atoms with E-state index in [1.165, 1.54) is 0 Å². The summed E-state index contributed by atoms with van der Waals surface area (Å²) in [7, 11) is 5.10. The Kier molecular flexibility index (Phi) is 9.41. The molecule has 128 valence electrons. The van der Waals surface area contributed by atoms with Gasteiger partial charge in [-0.25, -0.2) is 0 Å². The number of Topliss-reactive ketones (excluding diaryl/α,β-unsaturated/α-hetero) is 2. The summed E-state index contributed by atoms with van der Waals surface area (Å²) in [6.45, 7) is 7.58. The molecule has 0 saturated carbocycles. The van der Waals surface area contributed by atoms with E-state index < -0.39 is 29.8 Å². The van der Waals surface area contributed by atoms with E-state index in [0.717, 1.165) is 0 Å². The van der Waals surface area contributed by atoms with Crippen molar-refractivity contribution in [2.45, 2.75) is 52.3 Å². The number of ketones is 2. The van der Waals surface area contributed by atoms with Gasteiger partial charge in [0.05, 0.1) is 12.1 Å². The number of aliphatic hydroxyl groups is 1. The van der Waals surface area contributed by atoms with Crippen molar-refractivity contribution < 1.29 is 14.7 Å². The summed E-state index contributed by atoms with van der Waals surface area (Å²) in [4.78, 5) is 26.7. The Labute approximate surface area is 134 Å². The Bertz CT molecular complexity index is 391. The van der Waals surface area contributed by atoms with Gasteiger partial charge in [0, 0.05) is 0 Å². The van der Waals surface area contributed by atoms with Crippen LogP contribution >= 0.6 is 0 Å². The SMILES string of the molecule is C/C=C/C[C@@H](C)[C@@H](O)[C@@H](C(=O)C(=O)[C@@H](NC)C(C)C)N(C)C. The summed E-state index contributed by atoms with van der Waals surface area (Å²) in [6.07, 6.45) is 3.66. The molecular weight excluding hydrogens is 280 g/mol. The Morgan fingerprint density at radius 3 is 2.09 bits per heavy atom. The molecule has 0 bridgehead atoms. The molecular formula is C17H32N2O3. The van der Waals surface area contributed by atoms with Gasteiger partial charge in [-0.15, -0.1) is 0 Å². The number of hydrogen-bond donors (Lipinski definition) is 2. The number of likely N-dealkylation sites (N-methyl/N-ethyl adjacent to an activating group) is 2. The van der Waals surface area contributed by atoms with Crippen LogP contribution in [-0.4, -0.2) is 60.9 Å². The van der Waals surface area contributed by atoms with Gasteiger partial charge in [0.2, 0.25) is 11.6 Å². The van der Waals surface area contributed by atoms with Gasteiger partial charge in [-0.05, 0) is 46.3 Å². The lowest BCUT2D eigenvalue weighted by atomic mass is 9.87. The molecule has 5 nitrogen and oxygen atoms in total. The van der Waals surface area contributed by atoms with Crippen LogP contribution in [0.1, 0.15) is 34.1 Å². The van der Waals surface area contributed by atoms with Crippen molar-refractivity contribution in [3.05, 3.63) is 12.2 Å². The van der Waals surface area contributed by atoms with Crippen molar-refractivity contribution in [2.24, 2.45) is 11.8 Å². The lowest BCUT2D eigenvalue weighted by molar-refractivity contribution is -0.144. The molecule has 5 heteroatoms. The van der Waals surface area contributed by atoms with E-state index in [4.69, 9.17) is 0 Å². The van der Waals surface area contributed by atoms with E-state index in [2.05, 4.69) is 5.32 Å². The molecule has 0 amide bonds. The Hall–Kier alpha value is -1.04. The Balaban J connectivity index is 5.24. The second-order valence-electron chi connectivity index (χ2n) is 6.42. The fraction of sp³-hybridized carbons (Fsp3) is 0.765. The van der Waals surface area contributed by atoms with Crippen LogP contribution in [0.3, 0.4) is 0 Å². The van der Waals surface area contributed by atoms with E-state index in [1.807, 2.05) is 39.8 Å². The smallest absolute Gasteiger partial charge is 0.219 e. The average Bonchev–Trinajstić information content (AvgIpc) is 2.44. The van der Waals surface area contributed by atoms with Gasteiger partial charge < -0.3 is 10.4 Å². The first-order valence-electron chi connectivity index (χ1n) is 7.89. The number of allylic oxidation sites excluding steroid dienone is 2. The van der Waals surface area contributed by atoms with E-state index >= 15 is 0 Å². The maximum Gasteiger partial charge on any atom is 0.219 e. The first-order chi connectivity index (χ1) is 10.2. The molecule has 0 aromatic rings. The second kappa shape index (κ2) is 9.87.